The summed E-state index contributed by atoms with van der Waals surface area (Å²) in [5.41, 5.74) is 7.16. The Morgan fingerprint density at radius 2 is 1.20 bits per heavy atom. The summed E-state index contributed by atoms with van der Waals surface area (Å²) in [5.74, 6) is 0. The first-order valence-electron chi connectivity index (χ1n) is 6.85. The summed E-state index contributed by atoms with van der Waals surface area (Å²) in [4.78, 5) is 0. The minimum atomic E-state index is -0.121. The Morgan fingerprint density at radius 1 is 0.700 bits per heavy atom. The van der Waals surface area contributed by atoms with Crippen molar-refractivity contribution in [2.75, 3.05) is 73.4 Å². The molecule has 0 saturated carbocycles. The van der Waals surface area contributed by atoms with Crippen molar-refractivity contribution in [1.29, 1.82) is 0 Å². The Balaban J connectivity index is 3.64. The van der Waals surface area contributed by atoms with E-state index in [1.54, 1.807) is 7.11 Å². The molecule has 6 N–H and O–H groups in total. The molecule has 0 bridgehead atoms. The first kappa shape index (κ1) is 19.7. The summed E-state index contributed by atoms with van der Waals surface area (Å²) in [7, 11) is 1.64. The SMILES string of the molecule is COCCOC(COCCOC[NH3+])COCCOC[NH3+]. The molecule has 0 aromatic carbocycles. The maximum Gasteiger partial charge on any atom is 0.178 e. The van der Waals surface area contributed by atoms with Crippen LogP contribution in [0.25, 0.3) is 0 Å². The molecule has 0 rings (SSSR count). The monoisotopic (exact) mass is 298 g/mol. The van der Waals surface area contributed by atoms with Crippen molar-refractivity contribution in [3.8, 4) is 0 Å². The van der Waals surface area contributed by atoms with Crippen molar-refractivity contribution in [3.63, 3.8) is 0 Å². The number of rotatable bonds is 16. The van der Waals surface area contributed by atoms with Crippen molar-refractivity contribution in [3.05, 3.63) is 0 Å². The molecule has 122 valence electrons. The molecule has 0 aromatic rings. The van der Waals surface area contributed by atoms with Gasteiger partial charge in [0.2, 0.25) is 0 Å². The van der Waals surface area contributed by atoms with Gasteiger partial charge >= 0.3 is 0 Å². The molecule has 0 amide bonds. The zero-order chi connectivity index (χ0) is 14.9. The number of methoxy groups -OCH3 is 1. The number of ether oxygens (including phenoxy) is 6. The lowest BCUT2D eigenvalue weighted by molar-refractivity contribution is -0.431. The van der Waals surface area contributed by atoms with Crippen LogP contribution in [0.3, 0.4) is 0 Å². The summed E-state index contributed by atoms with van der Waals surface area (Å²) < 4.78 is 31.7. The lowest BCUT2D eigenvalue weighted by atomic mass is 10.4. The highest BCUT2D eigenvalue weighted by Gasteiger charge is 2.10. The third-order valence-corrected chi connectivity index (χ3v) is 2.28. The lowest BCUT2D eigenvalue weighted by Gasteiger charge is -2.18. The Hall–Kier alpha value is -0.320. The van der Waals surface area contributed by atoms with E-state index in [4.69, 9.17) is 28.4 Å². The van der Waals surface area contributed by atoms with Gasteiger partial charge in [-0.3, -0.25) is 0 Å². The highest BCUT2D eigenvalue weighted by Crippen LogP contribution is 1.96. The molecule has 8 heteroatoms. The van der Waals surface area contributed by atoms with Crippen LogP contribution in [-0.2, 0) is 28.4 Å². The van der Waals surface area contributed by atoms with E-state index in [9.17, 15) is 0 Å². The molecule has 0 heterocycles. The Labute approximate surface area is 120 Å². The predicted molar refractivity (Wildman–Crippen MR) is 70.7 cm³/mol. The average Bonchev–Trinajstić information content (AvgIpc) is 2.46. The molecule has 8 nitrogen and oxygen atoms in total. The quantitative estimate of drug-likeness (QED) is 0.240. The maximum atomic E-state index is 5.61. The molecule has 0 radical (unpaired) electrons. The van der Waals surface area contributed by atoms with Gasteiger partial charge in [-0.1, -0.05) is 0 Å². The van der Waals surface area contributed by atoms with Gasteiger partial charge in [-0.05, 0) is 0 Å². The van der Waals surface area contributed by atoms with Gasteiger partial charge < -0.3 is 39.9 Å². The molecular weight excluding hydrogens is 268 g/mol. The van der Waals surface area contributed by atoms with Crippen LogP contribution in [0.15, 0.2) is 0 Å². The van der Waals surface area contributed by atoms with Crippen LogP contribution in [0, 0.1) is 0 Å². The molecule has 0 fully saturated rings. The third kappa shape index (κ3) is 14.1. The number of hydrogen-bond acceptors (Lipinski definition) is 6. The van der Waals surface area contributed by atoms with Crippen molar-refractivity contribution >= 4 is 0 Å². The van der Waals surface area contributed by atoms with Gasteiger partial charge in [-0.25, -0.2) is 0 Å². The molecule has 0 aromatic heterocycles. The van der Waals surface area contributed by atoms with Gasteiger partial charge in [0.05, 0.1) is 52.9 Å². The zero-order valence-electron chi connectivity index (χ0n) is 12.5. The normalized spacial score (nSPS) is 11.4. The molecule has 0 spiro atoms. The van der Waals surface area contributed by atoms with E-state index >= 15 is 0 Å². The summed E-state index contributed by atoms with van der Waals surface area (Å²) in [6.07, 6.45) is -0.121. The van der Waals surface area contributed by atoms with Gasteiger partial charge in [0.15, 0.2) is 13.5 Å². The molecule has 0 saturated heterocycles. The molecule has 0 atom stereocenters. The van der Waals surface area contributed by atoms with E-state index in [1.165, 1.54) is 0 Å². The Kier molecular flexibility index (Phi) is 16.5. The van der Waals surface area contributed by atoms with Crippen LogP contribution in [0.5, 0.6) is 0 Å². The molecule has 0 unspecified atom stereocenters. The van der Waals surface area contributed by atoms with Crippen LogP contribution in [0.1, 0.15) is 0 Å². The van der Waals surface area contributed by atoms with E-state index in [1.807, 2.05) is 0 Å². The van der Waals surface area contributed by atoms with Crippen LogP contribution >= 0.6 is 0 Å². The first-order valence-corrected chi connectivity index (χ1v) is 6.85. The second-order valence-corrected chi connectivity index (χ2v) is 3.86. The second kappa shape index (κ2) is 16.7. The minimum Gasteiger partial charge on any atom is -0.382 e. The fourth-order valence-electron chi connectivity index (χ4n) is 1.31. The van der Waals surface area contributed by atoms with Crippen molar-refractivity contribution < 1.29 is 39.9 Å². The fraction of sp³-hybridized carbons (Fsp3) is 1.00. The summed E-state index contributed by atoms with van der Waals surface area (Å²) in [6, 6.07) is 0. The molecule has 0 aliphatic heterocycles. The maximum absolute atomic E-state index is 5.61. The van der Waals surface area contributed by atoms with Gasteiger partial charge in [0, 0.05) is 7.11 Å². The second-order valence-electron chi connectivity index (χ2n) is 3.86. The van der Waals surface area contributed by atoms with Gasteiger partial charge in [-0.15, -0.1) is 0 Å². The molecule has 20 heavy (non-hydrogen) atoms. The van der Waals surface area contributed by atoms with Crippen LogP contribution in [-0.4, -0.2) is 79.5 Å². The van der Waals surface area contributed by atoms with Crippen molar-refractivity contribution in [2.24, 2.45) is 0 Å². The van der Waals surface area contributed by atoms with Crippen molar-refractivity contribution in [2.45, 2.75) is 6.10 Å². The van der Waals surface area contributed by atoms with E-state index in [-0.39, 0.29) is 6.10 Å². The molecular formula is C12H30N2O6+2. The Morgan fingerprint density at radius 3 is 1.65 bits per heavy atom. The average molecular weight is 298 g/mol. The summed E-state index contributed by atoms with van der Waals surface area (Å²) in [6.45, 7) is 4.98. The van der Waals surface area contributed by atoms with Crippen LogP contribution in [0.2, 0.25) is 0 Å². The zero-order valence-corrected chi connectivity index (χ0v) is 12.5. The van der Waals surface area contributed by atoms with Gasteiger partial charge in [-0.2, -0.15) is 0 Å². The number of hydrogen-bond donors (Lipinski definition) is 2. The predicted octanol–water partition coefficient (Wildman–Crippen LogP) is -2.52. The lowest BCUT2D eigenvalue weighted by Crippen LogP contribution is -2.51. The van der Waals surface area contributed by atoms with Gasteiger partial charge in [0.25, 0.3) is 0 Å². The minimum absolute atomic E-state index is 0.121. The van der Waals surface area contributed by atoms with E-state index in [0.29, 0.717) is 66.3 Å². The molecule has 0 aliphatic carbocycles. The Bertz CT molecular complexity index is 173. The highest BCUT2D eigenvalue weighted by molar-refractivity contribution is 4.55. The van der Waals surface area contributed by atoms with Crippen LogP contribution < -0.4 is 11.5 Å². The summed E-state index contributed by atoms with van der Waals surface area (Å²) in [5, 5.41) is 0. The van der Waals surface area contributed by atoms with Gasteiger partial charge in [0.1, 0.15) is 6.10 Å². The van der Waals surface area contributed by atoms with E-state index in [0.717, 1.165) is 0 Å². The van der Waals surface area contributed by atoms with Crippen molar-refractivity contribution in [1.82, 2.24) is 0 Å². The smallest absolute Gasteiger partial charge is 0.178 e. The largest absolute Gasteiger partial charge is 0.382 e. The van der Waals surface area contributed by atoms with E-state index in [2.05, 4.69) is 11.5 Å². The van der Waals surface area contributed by atoms with E-state index < -0.39 is 0 Å². The highest BCUT2D eigenvalue weighted by atomic mass is 16.6. The topological polar surface area (TPSA) is 111 Å². The number of quaternary nitrogens is 2. The summed E-state index contributed by atoms with van der Waals surface area (Å²) >= 11 is 0. The van der Waals surface area contributed by atoms with Crippen LogP contribution in [0.4, 0.5) is 0 Å². The first-order chi connectivity index (χ1) is 9.85. The third-order valence-electron chi connectivity index (χ3n) is 2.28. The fourth-order valence-corrected chi connectivity index (χ4v) is 1.31. The standard InChI is InChI=1S/C12H28N2O6/c1-15-2-7-20-12(8-16-3-5-18-10-13)9-17-4-6-19-11-14/h12H,2-11,13-14H2,1H3/p+2. The molecule has 0 aliphatic rings.